The molecule has 1 fully saturated rings. The lowest BCUT2D eigenvalue weighted by atomic mass is 10.00. The SMILES string of the molecule is CCCNC(CC)c1ccccc1N1CCSC(C)C1C. The molecule has 3 atom stereocenters. The van der Waals surface area contributed by atoms with Gasteiger partial charge >= 0.3 is 0 Å². The van der Waals surface area contributed by atoms with Crippen LogP contribution in [0.1, 0.15) is 52.1 Å². The van der Waals surface area contributed by atoms with E-state index in [0.717, 1.165) is 19.5 Å². The molecule has 1 aliphatic rings. The number of thioether (sulfide) groups is 1. The first-order valence-corrected chi connectivity index (χ1v) is 9.44. The summed E-state index contributed by atoms with van der Waals surface area (Å²) in [4.78, 5) is 2.62. The molecule has 0 spiro atoms. The summed E-state index contributed by atoms with van der Waals surface area (Å²) in [6.07, 6.45) is 2.33. The van der Waals surface area contributed by atoms with Crippen LogP contribution in [0.25, 0.3) is 0 Å². The fourth-order valence-corrected chi connectivity index (χ4v) is 4.21. The summed E-state index contributed by atoms with van der Waals surface area (Å²) >= 11 is 2.10. The molecule has 3 unspecified atom stereocenters. The van der Waals surface area contributed by atoms with Gasteiger partial charge in [-0.3, -0.25) is 0 Å². The van der Waals surface area contributed by atoms with Crippen molar-refractivity contribution < 1.29 is 0 Å². The van der Waals surface area contributed by atoms with Gasteiger partial charge in [0.25, 0.3) is 0 Å². The molecule has 0 amide bonds. The number of benzene rings is 1. The van der Waals surface area contributed by atoms with Crippen molar-refractivity contribution in [2.75, 3.05) is 23.7 Å². The molecule has 0 aromatic heterocycles. The molecular formula is C18H30N2S. The van der Waals surface area contributed by atoms with E-state index in [-0.39, 0.29) is 0 Å². The second-order valence-electron chi connectivity index (χ2n) is 5.98. The highest BCUT2D eigenvalue weighted by Gasteiger charge is 2.27. The zero-order valence-electron chi connectivity index (χ0n) is 13.9. The zero-order chi connectivity index (χ0) is 15.2. The van der Waals surface area contributed by atoms with E-state index in [1.54, 1.807) is 0 Å². The predicted molar refractivity (Wildman–Crippen MR) is 96.5 cm³/mol. The van der Waals surface area contributed by atoms with E-state index >= 15 is 0 Å². The van der Waals surface area contributed by atoms with Gasteiger partial charge in [0, 0.05) is 35.3 Å². The van der Waals surface area contributed by atoms with Gasteiger partial charge in [-0.25, -0.2) is 0 Å². The van der Waals surface area contributed by atoms with Gasteiger partial charge in [-0.2, -0.15) is 11.8 Å². The van der Waals surface area contributed by atoms with Crippen LogP contribution in [0.3, 0.4) is 0 Å². The van der Waals surface area contributed by atoms with Crippen molar-refractivity contribution in [1.82, 2.24) is 5.32 Å². The normalized spacial score (nSPS) is 24.1. The Morgan fingerprint density at radius 2 is 2.05 bits per heavy atom. The van der Waals surface area contributed by atoms with Crippen molar-refractivity contribution in [3.05, 3.63) is 29.8 Å². The van der Waals surface area contributed by atoms with Crippen LogP contribution < -0.4 is 10.2 Å². The Morgan fingerprint density at radius 1 is 1.29 bits per heavy atom. The van der Waals surface area contributed by atoms with Crippen LogP contribution in [-0.2, 0) is 0 Å². The van der Waals surface area contributed by atoms with Gasteiger partial charge in [0.15, 0.2) is 0 Å². The minimum Gasteiger partial charge on any atom is -0.367 e. The summed E-state index contributed by atoms with van der Waals surface area (Å²) in [7, 11) is 0. The Balaban J connectivity index is 2.26. The van der Waals surface area contributed by atoms with Crippen molar-refractivity contribution in [1.29, 1.82) is 0 Å². The Bertz CT molecular complexity index is 435. The van der Waals surface area contributed by atoms with Crippen LogP contribution in [0.5, 0.6) is 0 Å². The highest BCUT2D eigenvalue weighted by molar-refractivity contribution is 8.00. The van der Waals surface area contributed by atoms with E-state index in [1.807, 2.05) is 0 Å². The van der Waals surface area contributed by atoms with Crippen molar-refractivity contribution >= 4 is 17.4 Å². The molecule has 0 aliphatic carbocycles. The monoisotopic (exact) mass is 306 g/mol. The summed E-state index contributed by atoms with van der Waals surface area (Å²) in [5.74, 6) is 1.24. The second-order valence-corrected chi connectivity index (χ2v) is 7.47. The minimum absolute atomic E-state index is 0.471. The highest BCUT2D eigenvalue weighted by Crippen LogP contribution is 2.34. The van der Waals surface area contributed by atoms with Gasteiger partial charge in [-0.05, 0) is 37.9 Å². The number of nitrogens with zero attached hydrogens (tertiary/aromatic N) is 1. The van der Waals surface area contributed by atoms with Crippen LogP contribution in [0.2, 0.25) is 0 Å². The molecule has 0 bridgehead atoms. The standard InChI is InChI=1S/C18H30N2S/c1-5-11-19-17(6-2)16-9-7-8-10-18(16)20-12-13-21-15(4)14(20)3/h7-10,14-15,17,19H,5-6,11-13H2,1-4H3. The number of hydrogen-bond acceptors (Lipinski definition) is 3. The molecule has 1 aromatic carbocycles. The van der Waals surface area contributed by atoms with Gasteiger partial charge in [0.05, 0.1) is 0 Å². The third-order valence-corrected chi connectivity index (χ3v) is 5.89. The van der Waals surface area contributed by atoms with Crippen LogP contribution in [0.15, 0.2) is 24.3 Å². The van der Waals surface area contributed by atoms with Crippen LogP contribution in [0, 0.1) is 0 Å². The maximum absolute atomic E-state index is 3.71. The number of nitrogens with one attached hydrogen (secondary N) is 1. The molecule has 3 heteroatoms. The molecule has 21 heavy (non-hydrogen) atoms. The molecule has 1 N–H and O–H groups in total. The number of rotatable bonds is 6. The molecule has 1 aliphatic heterocycles. The summed E-state index contributed by atoms with van der Waals surface area (Å²) in [5, 5.41) is 4.41. The van der Waals surface area contributed by atoms with E-state index in [1.165, 1.54) is 23.4 Å². The van der Waals surface area contributed by atoms with Gasteiger partial charge in [0.1, 0.15) is 0 Å². The number of anilines is 1. The van der Waals surface area contributed by atoms with Crippen LogP contribution in [-0.4, -0.2) is 30.1 Å². The largest absolute Gasteiger partial charge is 0.367 e. The second kappa shape index (κ2) is 8.09. The van der Waals surface area contributed by atoms with Gasteiger partial charge in [-0.15, -0.1) is 0 Å². The average Bonchev–Trinajstić information content (AvgIpc) is 2.51. The predicted octanol–water partition coefficient (Wildman–Crippen LogP) is 4.47. The first-order chi connectivity index (χ1) is 10.2. The zero-order valence-corrected chi connectivity index (χ0v) is 14.7. The van der Waals surface area contributed by atoms with Crippen LogP contribution in [0.4, 0.5) is 5.69 Å². The van der Waals surface area contributed by atoms with E-state index in [0.29, 0.717) is 17.3 Å². The quantitative estimate of drug-likeness (QED) is 0.835. The van der Waals surface area contributed by atoms with Crippen LogP contribution >= 0.6 is 11.8 Å². The van der Waals surface area contributed by atoms with E-state index in [2.05, 4.69) is 73.9 Å². The summed E-state index contributed by atoms with van der Waals surface area (Å²) in [5.41, 5.74) is 2.91. The van der Waals surface area contributed by atoms with Gasteiger partial charge < -0.3 is 10.2 Å². The third-order valence-electron chi connectivity index (χ3n) is 4.55. The minimum atomic E-state index is 0.471. The first kappa shape index (κ1) is 16.7. The Kier molecular flexibility index (Phi) is 6.43. The topological polar surface area (TPSA) is 15.3 Å². The van der Waals surface area contributed by atoms with Crippen molar-refractivity contribution in [2.45, 2.75) is 57.9 Å². The fourth-order valence-electron chi connectivity index (χ4n) is 3.11. The molecule has 0 saturated carbocycles. The third kappa shape index (κ3) is 3.95. The molecule has 118 valence electrons. The molecule has 1 aromatic rings. The summed E-state index contributed by atoms with van der Waals surface area (Å²) in [6, 6.07) is 10.1. The Morgan fingerprint density at radius 3 is 2.76 bits per heavy atom. The molecule has 1 heterocycles. The number of para-hydroxylation sites is 1. The molecule has 2 rings (SSSR count). The van der Waals surface area contributed by atoms with Gasteiger partial charge in [0.2, 0.25) is 0 Å². The lowest BCUT2D eigenvalue weighted by Gasteiger charge is -2.41. The van der Waals surface area contributed by atoms with Crippen molar-refractivity contribution in [2.24, 2.45) is 0 Å². The number of hydrogen-bond donors (Lipinski definition) is 1. The van der Waals surface area contributed by atoms with E-state index in [4.69, 9.17) is 0 Å². The summed E-state index contributed by atoms with van der Waals surface area (Å²) in [6.45, 7) is 11.5. The fraction of sp³-hybridized carbons (Fsp3) is 0.667. The lowest BCUT2D eigenvalue weighted by molar-refractivity contribution is 0.514. The Hall–Kier alpha value is -0.670. The molecule has 2 nitrogen and oxygen atoms in total. The maximum Gasteiger partial charge on any atom is 0.0417 e. The maximum atomic E-state index is 3.71. The smallest absolute Gasteiger partial charge is 0.0417 e. The molecular weight excluding hydrogens is 276 g/mol. The van der Waals surface area contributed by atoms with E-state index < -0.39 is 0 Å². The van der Waals surface area contributed by atoms with Crippen molar-refractivity contribution in [3.8, 4) is 0 Å². The van der Waals surface area contributed by atoms with Crippen molar-refractivity contribution in [3.63, 3.8) is 0 Å². The lowest BCUT2D eigenvalue weighted by Crippen LogP contribution is -2.45. The first-order valence-electron chi connectivity index (χ1n) is 8.39. The molecule has 0 radical (unpaired) electrons. The average molecular weight is 307 g/mol. The highest BCUT2D eigenvalue weighted by atomic mass is 32.2. The Labute approximate surface area is 134 Å². The van der Waals surface area contributed by atoms with Gasteiger partial charge in [-0.1, -0.05) is 39.0 Å². The summed E-state index contributed by atoms with van der Waals surface area (Å²) < 4.78 is 0. The van der Waals surface area contributed by atoms with E-state index in [9.17, 15) is 0 Å². The molecule has 1 saturated heterocycles.